The third-order valence-corrected chi connectivity index (χ3v) is 3.22. The molecule has 88 valence electrons. The van der Waals surface area contributed by atoms with Gasteiger partial charge < -0.3 is 10.5 Å². The fourth-order valence-electron chi connectivity index (χ4n) is 2.11. The van der Waals surface area contributed by atoms with Crippen molar-refractivity contribution in [1.29, 1.82) is 0 Å². The minimum Gasteiger partial charge on any atom is -0.381 e. The summed E-state index contributed by atoms with van der Waals surface area (Å²) < 4.78 is 31.8. The van der Waals surface area contributed by atoms with Crippen molar-refractivity contribution in [3.8, 4) is 0 Å². The SMILES string of the molecule is NCC1(Cc2cccc(F)c2F)CCOC1. The molecule has 0 amide bonds. The van der Waals surface area contributed by atoms with E-state index >= 15 is 0 Å². The second kappa shape index (κ2) is 4.47. The Morgan fingerprint density at radius 3 is 2.81 bits per heavy atom. The number of rotatable bonds is 3. The van der Waals surface area contributed by atoms with Crippen molar-refractivity contribution >= 4 is 0 Å². The van der Waals surface area contributed by atoms with Crippen LogP contribution >= 0.6 is 0 Å². The molecule has 1 aromatic carbocycles. The molecule has 0 aromatic heterocycles. The van der Waals surface area contributed by atoms with Gasteiger partial charge in [-0.3, -0.25) is 0 Å². The van der Waals surface area contributed by atoms with Crippen molar-refractivity contribution in [3.63, 3.8) is 0 Å². The zero-order chi connectivity index (χ0) is 11.6. The third-order valence-electron chi connectivity index (χ3n) is 3.22. The number of nitrogens with two attached hydrogens (primary N) is 1. The summed E-state index contributed by atoms with van der Waals surface area (Å²) in [6.45, 7) is 1.61. The van der Waals surface area contributed by atoms with Crippen LogP contribution in [0.1, 0.15) is 12.0 Å². The van der Waals surface area contributed by atoms with E-state index in [-0.39, 0.29) is 5.41 Å². The van der Waals surface area contributed by atoms with E-state index in [1.807, 2.05) is 0 Å². The van der Waals surface area contributed by atoms with Gasteiger partial charge in [0.25, 0.3) is 0 Å². The van der Waals surface area contributed by atoms with Crippen molar-refractivity contribution in [3.05, 3.63) is 35.4 Å². The highest BCUT2D eigenvalue weighted by atomic mass is 19.2. The van der Waals surface area contributed by atoms with Gasteiger partial charge in [0.1, 0.15) is 0 Å². The average Bonchev–Trinajstić information content (AvgIpc) is 2.74. The Bertz CT molecular complexity index is 375. The molecule has 2 rings (SSSR count). The van der Waals surface area contributed by atoms with Crippen LogP contribution in [-0.4, -0.2) is 19.8 Å². The monoisotopic (exact) mass is 227 g/mol. The number of hydrogen-bond donors (Lipinski definition) is 1. The van der Waals surface area contributed by atoms with Gasteiger partial charge in [0, 0.05) is 18.6 Å². The van der Waals surface area contributed by atoms with Crippen molar-refractivity contribution in [1.82, 2.24) is 0 Å². The van der Waals surface area contributed by atoms with Gasteiger partial charge in [0.15, 0.2) is 11.6 Å². The predicted octanol–water partition coefficient (Wildman–Crippen LogP) is 1.87. The standard InChI is InChI=1S/C12H15F2NO/c13-10-3-1-2-9(11(10)14)6-12(7-15)4-5-16-8-12/h1-3H,4-8,15H2. The first kappa shape index (κ1) is 11.5. The van der Waals surface area contributed by atoms with E-state index in [2.05, 4.69) is 0 Å². The first-order valence-electron chi connectivity index (χ1n) is 5.38. The van der Waals surface area contributed by atoms with Crippen LogP contribution < -0.4 is 5.73 Å². The van der Waals surface area contributed by atoms with Gasteiger partial charge in [-0.2, -0.15) is 0 Å². The van der Waals surface area contributed by atoms with Crippen LogP contribution in [0, 0.1) is 17.0 Å². The summed E-state index contributed by atoms with van der Waals surface area (Å²) in [5.41, 5.74) is 5.87. The molecule has 1 aliphatic rings. The van der Waals surface area contributed by atoms with Crippen LogP contribution in [-0.2, 0) is 11.2 Å². The maximum absolute atomic E-state index is 13.5. The van der Waals surface area contributed by atoms with Gasteiger partial charge in [0.2, 0.25) is 0 Å². The van der Waals surface area contributed by atoms with Crippen LogP contribution in [0.15, 0.2) is 18.2 Å². The molecule has 0 saturated carbocycles. The van der Waals surface area contributed by atoms with Crippen LogP contribution in [0.2, 0.25) is 0 Å². The summed E-state index contributed by atoms with van der Waals surface area (Å²) >= 11 is 0. The molecule has 1 atom stereocenters. The van der Waals surface area contributed by atoms with Crippen molar-refractivity contribution in [2.45, 2.75) is 12.8 Å². The highest BCUT2D eigenvalue weighted by Crippen LogP contribution is 2.32. The Morgan fingerprint density at radius 2 is 2.19 bits per heavy atom. The Kier molecular flexibility index (Phi) is 3.21. The predicted molar refractivity (Wildman–Crippen MR) is 57.0 cm³/mol. The largest absolute Gasteiger partial charge is 0.381 e. The molecule has 2 nitrogen and oxygen atoms in total. The minimum atomic E-state index is -0.802. The highest BCUT2D eigenvalue weighted by molar-refractivity contribution is 5.21. The molecule has 4 heteroatoms. The molecule has 0 radical (unpaired) electrons. The molecule has 16 heavy (non-hydrogen) atoms. The summed E-state index contributed by atoms with van der Waals surface area (Å²) in [5, 5.41) is 0. The quantitative estimate of drug-likeness (QED) is 0.855. The third kappa shape index (κ3) is 2.08. The summed E-state index contributed by atoms with van der Waals surface area (Å²) in [6.07, 6.45) is 1.24. The van der Waals surface area contributed by atoms with Crippen LogP contribution in [0.5, 0.6) is 0 Å². The lowest BCUT2D eigenvalue weighted by Gasteiger charge is -2.25. The van der Waals surface area contributed by atoms with Gasteiger partial charge in [-0.1, -0.05) is 12.1 Å². The maximum atomic E-state index is 13.5. The molecular weight excluding hydrogens is 212 g/mol. The molecule has 1 saturated heterocycles. The average molecular weight is 227 g/mol. The van der Waals surface area contributed by atoms with Crippen LogP contribution in [0.3, 0.4) is 0 Å². The molecular formula is C12H15F2NO. The Labute approximate surface area is 93.4 Å². The smallest absolute Gasteiger partial charge is 0.162 e. The lowest BCUT2D eigenvalue weighted by molar-refractivity contribution is 0.154. The molecule has 1 heterocycles. The van der Waals surface area contributed by atoms with E-state index in [0.717, 1.165) is 12.5 Å². The molecule has 1 aliphatic heterocycles. The zero-order valence-electron chi connectivity index (χ0n) is 9.01. The summed E-state index contributed by atoms with van der Waals surface area (Å²) in [4.78, 5) is 0. The van der Waals surface area contributed by atoms with Gasteiger partial charge >= 0.3 is 0 Å². The molecule has 1 aromatic rings. The van der Waals surface area contributed by atoms with E-state index in [1.165, 1.54) is 6.07 Å². The second-order valence-corrected chi connectivity index (χ2v) is 4.40. The molecule has 2 N–H and O–H groups in total. The summed E-state index contributed by atoms with van der Waals surface area (Å²) in [6, 6.07) is 4.25. The van der Waals surface area contributed by atoms with Gasteiger partial charge in [-0.05, 0) is 24.5 Å². The van der Waals surface area contributed by atoms with Gasteiger partial charge in [0.05, 0.1) is 6.61 Å². The molecule has 1 unspecified atom stereocenters. The first-order valence-corrected chi connectivity index (χ1v) is 5.38. The maximum Gasteiger partial charge on any atom is 0.162 e. The number of halogens is 2. The molecule has 0 spiro atoms. The zero-order valence-corrected chi connectivity index (χ0v) is 9.01. The Balaban J connectivity index is 2.22. The number of benzene rings is 1. The number of ether oxygens (including phenoxy) is 1. The normalized spacial score (nSPS) is 24.9. The summed E-state index contributed by atoms with van der Waals surface area (Å²) in [5.74, 6) is -1.56. The lowest BCUT2D eigenvalue weighted by Crippen LogP contribution is -2.33. The fraction of sp³-hybridized carbons (Fsp3) is 0.500. The van der Waals surface area contributed by atoms with Gasteiger partial charge in [-0.25, -0.2) is 8.78 Å². The lowest BCUT2D eigenvalue weighted by atomic mass is 9.81. The first-order chi connectivity index (χ1) is 7.67. The highest BCUT2D eigenvalue weighted by Gasteiger charge is 2.34. The molecule has 0 aliphatic carbocycles. The molecule has 1 fully saturated rings. The van der Waals surface area contributed by atoms with Crippen molar-refractivity contribution < 1.29 is 13.5 Å². The Morgan fingerprint density at radius 1 is 1.38 bits per heavy atom. The van der Waals surface area contributed by atoms with E-state index in [9.17, 15) is 8.78 Å². The topological polar surface area (TPSA) is 35.2 Å². The van der Waals surface area contributed by atoms with Gasteiger partial charge in [-0.15, -0.1) is 0 Å². The minimum absolute atomic E-state index is 0.228. The van der Waals surface area contributed by atoms with E-state index in [0.29, 0.717) is 31.7 Å². The van der Waals surface area contributed by atoms with E-state index in [4.69, 9.17) is 10.5 Å². The van der Waals surface area contributed by atoms with Crippen LogP contribution in [0.25, 0.3) is 0 Å². The fourth-order valence-corrected chi connectivity index (χ4v) is 2.11. The van der Waals surface area contributed by atoms with Crippen molar-refractivity contribution in [2.75, 3.05) is 19.8 Å². The molecule has 0 bridgehead atoms. The second-order valence-electron chi connectivity index (χ2n) is 4.40. The Hall–Kier alpha value is -1.00. The van der Waals surface area contributed by atoms with Crippen LogP contribution in [0.4, 0.5) is 8.78 Å². The van der Waals surface area contributed by atoms with Crippen molar-refractivity contribution in [2.24, 2.45) is 11.1 Å². The van der Waals surface area contributed by atoms with E-state index in [1.54, 1.807) is 6.07 Å². The number of hydrogen-bond acceptors (Lipinski definition) is 2. The summed E-state index contributed by atoms with van der Waals surface area (Å²) in [7, 11) is 0. The van der Waals surface area contributed by atoms with E-state index < -0.39 is 11.6 Å².